The fourth-order valence-electron chi connectivity index (χ4n) is 2.89. The molecule has 2 amide bonds. The van der Waals surface area contributed by atoms with E-state index in [1.165, 1.54) is 13.2 Å². The molecule has 0 aliphatic rings. The Morgan fingerprint density at radius 1 is 0.938 bits per heavy atom. The van der Waals surface area contributed by atoms with Crippen molar-refractivity contribution in [3.8, 4) is 17.2 Å². The van der Waals surface area contributed by atoms with Crippen LogP contribution in [-0.2, 0) is 11.3 Å². The van der Waals surface area contributed by atoms with Crippen molar-refractivity contribution in [3.63, 3.8) is 0 Å². The molecule has 0 saturated carbocycles. The van der Waals surface area contributed by atoms with Gasteiger partial charge in [0.05, 0.1) is 32.6 Å². The first-order valence-corrected chi connectivity index (χ1v) is 10.5. The Labute approximate surface area is 188 Å². The summed E-state index contributed by atoms with van der Waals surface area (Å²) in [5.41, 5.74) is 7.84. The highest BCUT2D eigenvalue weighted by Gasteiger charge is 2.16. The number of nitrogens with two attached hydrogens (primary N) is 1. The second-order valence-electron chi connectivity index (χ2n) is 6.72. The van der Waals surface area contributed by atoms with Gasteiger partial charge in [-0.15, -0.1) is 0 Å². The summed E-state index contributed by atoms with van der Waals surface area (Å²) in [6, 6.07) is 7.76. The van der Waals surface area contributed by atoms with Crippen LogP contribution < -0.4 is 30.6 Å². The number of anilines is 2. The predicted molar refractivity (Wildman–Crippen MR) is 123 cm³/mol. The van der Waals surface area contributed by atoms with Crippen LogP contribution in [0.5, 0.6) is 17.2 Å². The molecule has 0 aromatic heterocycles. The minimum atomic E-state index is -0.549. The van der Waals surface area contributed by atoms with Crippen LogP contribution in [0.15, 0.2) is 30.3 Å². The maximum atomic E-state index is 12.5. The molecule has 9 heteroatoms. The van der Waals surface area contributed by atoms with Gasteiger partial charge in [-0.3, -0.25) is 0 Å². The monoisotopic (exact) mass is 445 g/mol. The number of amides is 2. The molecule has 0 radical (unpaired) electrons. The third-order valence-electron chi connectivity index (χ3n) is 4.34. The Bertz CT molecular complexity index is 932. The first-order valence-electron chi connectivity index (χ1n) is 10.5. The molecule has 0 spiro atoms. The number of carbonyl (C=O) groups excluding carboxylic acids is 2. The number of ether oxygens (including phenoxy) is 4. The first-order chi connectivity index (χ1) is 15.4. The van der Waals surface area contributed by atoms with Gasteiger partial charge in [-0.05, 0) is 44.5 Å². The molecule has 174 valence electrons. The number of nitrogen functional groups attached to an aromatic ring is 1. The van der Waals surface area contributed by atoms with Crippen molar-refractivity contribution >= 4 is 23.4 Å². The van der Waals surface area contributed by atoms with Gasteiger partial charge in [-0.25, -0.2) is 9.59 Å². The molecule has 2 aromatic carbocycles. The van der Waals surface area contributed by atoms with Gasteiger partial charge in [0.2, 0.25) is 0 Å². The lowest BCUT2D eigenvalue weighted by Gasteiger charge is -2.16. The Morgan fingerprint density at radius 3 is 2.31 bits per heavy atom. The molecule has 0 aliphatic heterocycles. The Morgan fingerprint density at radius 2 is 1.66 bits per heavy atom. The second kappa shape index (κ2) is 12.3. The zero-order valence-corrected chi connectivity index (χ0v) is 18.9. The predicted octanol–water partition coefficient (Wildman–Crippen LogP) is 3.96. The van der Waals surface area contributed by atoms with Crippen LogP contribution >= 0.6 is 0 Å². The van der Waals surface area contributed by atoms with Crippen molar-refractivity contribution in [1.82, 2.24) is 5.32 Å². The van der Waals surface area contributed by atoms with E-state index in [0.29, 0.717) is 48.4 Å². The smallest absolute Gasteiger partial charge is 0.341 e. The third kappa shape index (κ3) is 6.69. The number of rotatable bonds is 11. The number of hydrogen-bond donors (Lipinski definition) is 3. The Kier molecular flexibility index (Phi) is 9.46. The SMILES string of the molecule is CCCOc1ccc(NC(=O)NCc2cc(OCC)c(N)cc2OCC)cc1C(=O)OC. The maximum Gasteiger partial charge on any atom is 0.341 e. The summed E-state index contributed by atoms with van der Waals surface area (Å²) in [4.78, 5) is 24.6. The summed E-state index contributed by atoms with van der Waals surface area (Å²) in [7, 11) is 1.29. The van der Waals surface area contributed by atoms with Crippen molar-refractivity contribution in [2.24, 2.45) is 0 Å². The highest BCUT2D eigenvalue weighted by molar-refractivity contribution is 5.96. The highest BCUT2D eigenvalue weighted by atomic mass is 16.5. The third-order valence-corrected chi connectivity index (χ3v) is 4.34. The average molecular weight is 446 g/mol. The lowest BCUT2D eigenvalue weighted by atomic mass is 10.1. The van der Waals surface area contributed by atoms with E-state index in [1.54, 1.807) is 24.3 Å². The topological polar surface area (TPSA) is 121 Å². The van der Waals surface area contributed by atoms with Crippen molar-refractivity contribution in [2.45, 2.75) is 33.7 Å². The van der Waals surface area contributed by atoms with Crippen molar-refractivity contribution < 1.29 is 28.5 Å². The molecule has 0 heterocycles. The number of hydrogen-bond acceptors (Lipinski definition) is 7. The molecular weight excluding hydrogens is 414 g/mol. The van der Waals surface area contributed by atoms with Gasteiger partial charge in [-0.1, -0.05) is 6.92 Å². The summed E-state index contributed by atoms with van der Waals surface area (Å²) in [5.74, 6) is 0.945. The number of methoxy groups -OCH3 is 1. The highest BCUT2D eigenvalue weighted by Crippen LogP contribution is 2.31. The minimum absolute atomic E-state index is 0.184. The molecule has 32 heavy (non-hydrogen) atoms. The summed E-state index contributed by atoms with van der Waals surface area (Å²) >= 11 is 0. The van der Waals surface area contributed by atoms with E-state index in [2.05, 4.69) is 10.6 Å². The van der Waals surface area contributed by atoms with Gasteiger partial charge in [0, 0.05) is 23.9 Å². The first kappa shape index (κ1) is 24.6. The van der Waals surface area contributed by atoms with Gasteiger partial charge in [0.15, 0.2) is 0 Å². The second-order valence-corrected chi connectivity index (χ2v) is 6.72. The van der Waals surface area contributed by atoms with Crippen molar-refractivity contribution in [3.05, 3.63) is 41.5 Å². The summed E-state index contributed by atoms with van der Waals surface area (Å²) in [5, 5.41) is 5.48. The molecule has 0 unspecified atom stereocenters. The zero-order valence-electron chi connectivity index (χ0n) is 18.9. The van der Waals surface area contributed by atoms with Crippen LogP contribution in [0.2, 0.25) is 0 Å². The van der Waals surface area contributed by atoms with Crippen LogP contribution in [-0.4, -0.2) is 38.9 Å². The van der Waals surface area contributed by atoms with Crippen molar-refractivity contribution in [1.29, 1.82) is 0 Å². The average Bonchev–Trinajstić information content (AvgIpc) is 2.78. The minimum Gasteiger partial charge on any atom is -0.493 e. The molecule has 0 bridgehead atoms. The fraction of sp³-hybridized carbons (Fsp3) is 0.391. The standard InChI is InChI=1S/C23H31N3O6/c1-5-10-32-19-9-8-16(12-17(19)22(27)29-4)26-23(28)25-14-15-11-21(31-7-3)18(24)13-20(15)30-6-2/h8-9,11-13H,5-7,10,14,24H2,1-4H3,(H2,25,26,28). The summed E-state index contributed by atoms with van der Waals surface area (Å²) in [6.45, 7) is 7.26. The van der Waals surface area contributed by atoms with Crippen LogP contribution in [0.25, 0.3) is 0 Å². The summed E-state index contributed by atoms with van der Waals surface area (Å²) in [6.07, 6.45) is 0.795. The number of esters is 1. The zero-order chi connectivity index (χ0) is 23.5. The molecule has 2 aromatic rings. The van der Waals surface area contributed by atoms with E-state index in [-0.39, 0.29) is 12.1 Å². The lowest BCUT2D eigenvalue weighted by molar-refractivity contribution is 0.0596. The number of benzene rings is 2. The molecular formula is C23H31N3O6. The van der Waals surface area contributed by atoms with Crippen molar-refractivity contribution in [2.75, 3.05) is 38.0 Å². The molecule has 9 nitrogen and oxygen atoms in total. The molecule has 0 atom stereocenters. The summed E-state index contributed by atoms with van der Waals surface area (Å²) < 4.78 is 21.6. The number of carbonyl (C=O) groups is 2. The van der Waals surface area contributed by atoms with E-state index >= 15 is 0 Å². The van der Waals surface area contributed by atoms with Crippen LogP contribution in [0.1, 0.15) is 43.1 Å². The van der Waals surface area contributed by atoms with E-state index in [9.17, 15) is 9.59 Å². The molecule has 0 aliphatic carbocycles. The fourth-order valence-corrected chi connectivity index (χ4v) is 2.89. The Balaban J connectivity index is 2.12. The number of nitrogens with one attached hydrogen (secondary N) is 2. The molecule has 4 N–H and O–H groups in total. The van der Waals surface area contributed by atoms with Crippen LogP contribution in [0.4, 0.5) is 16.2 Å². The Hall–Kier alpha value is -3.62. The van der Waals surface area contributed by atoms with E-state index in [1.807, 2.05) is 20.8 Å². The van der Waals surface area contributed by atoms with Gasteiger partial charge in [0.1, 0.15) is 22.8 Å². The molecule has 0 fully saturated rings. The van der Waals surface area contributed by atoms with E-state index in [4.69, 9.17) is 24.7 Å². The van der Waals surface area contributed by atoms with Gasteiger partial charge in [0.25, 0.3) is 0 Å². The van der Waals surface area contributed by atoms with E-state index < -0.39 is 12.0 Å². The molecule has 0 saturated heterocycles. The van der Waals surface area contributed by atoms with Gasteiger partial charge >= 0.3 is 12.0 Å². The van der Waals surface area contributed by atoms with Gasteiger partial charge in [-0.2, -0.15) is 0 Å². The van der Waals surface area contributed by atoms with Crippen LogP contribution in [0, 0.1) is 0 Å². The van der Waals surface area contributed by atoms with E-state index in [0.717, 1.165) is 12.0 Å². The lowest BCUT2D eigenvalue weighted by Crippen LogP contribution is -2.28. The number of urea groups is 1. The van der Waals surface area contributed by atoms with Crippen LogP contribution in [0.3, 0.4) is 0 Å². The maximum absolute atomic E-state index is 12.5. The largest absolute Gasteiger partial charge is 0.493 e. The van der Waals surface area contributed by atoms with Gasteiger partial charge < -0.3 is 35.3 Å². The quantitative estimate of drug-likeness (QED) is 0.353. The normalized spacial score (nSPS) is 10.2. The molecule has 2 rings (SSSR count).